The van der Waals surface area contributed by atoms with Crippen LogP contribution in [0.15, 0.2) is 47.8 Å². The quantitative estimate of drug-likeness (QED) is 0.450. The second-order valence-electron chi connectivity index (χ2n) is 6.79. The predicted octanol–water partition coefficient (Wildman–Crippen LogP) is 4.61. The van der Waals surface area contributed by atoms with Gasteiger partial charge < -0.3 is 10.6 Å². The van der Waals surface area contributed by atoms with Crippen LogP contribution in [0.25, 0.3) is 0 Å². The van der Waals surface area contributed by atoms with E-state index in [4.69, 9.17) is 0 Å². The third-order valence-corrected chi connectivity index (χ3v) is 7.00. The normalized spacial score (nSPS) is 13.8. The zero-order valence-corrected chi connectivity index (χ0v) is 17.2. The molecule has 2 aromatic heterocycles. The summed E-state index contributed by atoms with van der Waals surface area (Å²) in [5.41, 5.74) is 2.16. The van der Waals surface area contributed by atoms with Crippen molar-refractivity contribution in [1.82, 2.24) is 5.32 Å². The summed E-state index contributed by atoms with van der Waals surface area (Å²) in [5, 5.41) is 18.2. The van der Waals surface area contributed by atoms with Gasteiger partial charge in [0.25, 0.3) is 5.91 Å². The number of thiophene rings is 2. The Morgan fingerprint density at radius 2 is 1.86 bits per heavy atom. The van der Waals surface area contributed by atoms with Crippen LogP contribution in [0.3, 0.4) is 0 Å². The first-order chi connectivity index (χ1) is 14.2. The maximum absolute atomic E-state index is 13.1. The van der Waals surface area contributed by atoms with Gasteiger partial charge in [-0.05, 0) is 54.8 Å². The van der Waals surface area contributed by atoms with Crippen LogP contribution in [0.4, 0.5) is 5.00 Å². The lowest BCUT2D eigenvalue weighted by molar-refractivity contribution is 0.0871. The number of ketones is 1. The summed E-state index contributed by atoms with van der Waals surface area (Å²) < 4.78 is 0. The van der Waals surface area contributed by atoms with Crippen LogP contribution in [0.5, 0.6) is 0 Å². The average Bonchev–Trinajstić information content (AvgIpc) is 3.41. The average molecular weight is 422 g/mol. The van der Waals surface area contributed by atoms with Crippen molar-refractivity contribution in [2.24, 2.45) is 0 Å². The Balaban J connectivity index is 1.64. The molecule has 0 saturated heterocycles. The van der Waals surface area contributed by atoms with Gasteiger partial charge in [0.1, 0.15) is 11.1 Å². The van der Waals surface area contributed by atoms with Crippen molar-refractivity contribution in [3.05, 3.63) is 74.3 Å². The Labute approximate surface area is 177 Å². The van der Waals surface area contributed by atoms with E-state index in [0.29, 0.717) is 21.0 Å². The highest BCUT2D eigenvalue weighted by Gasteiger charge is 2.27. The lowest BCUT2D eigenvalue weighted by Gasteiger charge is -2.19. The number of anilines is 1. The molecule has 1 amide bonds. The van der Waals surface area contributed by atoms with Crippen molar-refractivity contribution in [2.45, 2.75) is 31.8 Å². The Kier molecular flexibility index (Phi) is 5.74. The Hall–Kier alpha value is -2.95. The van der Waals surface area contributed by atoms with Crippen molar-refractivity contribution in [3.63, 3.8) is 0 Å². The molecular formula is C22H19N3O2S2. The van der Waals surface area contributed by atoms with E-state index in [2.05, 4.69) is 16.7 Å². The van der Waals surface area contributed by atoms with Crippen molar-refractivity contribution in [1.29, 1.82) is 5.26 Å². The van der Waals surface area contributed by atoms with Crippen LogP contribution in [0.1, 0.15) is 48.9 Å². The van der Waals surface area contributed by atoms with Crippen molar-refractivity contribution in [2.75, 3.05) is 5.32 Å². The molecule has 2 N–H and O–H groups in total. The first-order valence-corrected chi connectivity index (χ1v) is 11.1. The number of hydrogen-bond donors (Lipinski definition) is 2. The number of carbonyl (C=O) groups is 2. The molecule has 1 aliphatic rings. The van der Waals surface area contributed by atoms with Gasteiger partial charge in [0, 0.05) is 10.4 Å². The molecule has 0 bridgehead atoms. The molecule has 0 aliphatic heterocycles. The van der Waals surface area contributed by atoms with E-state index in [9.17, 15) is 14.9 Å². The largest absolute Gasteiger partial charge is 0.349 e. The summed E-state index contributed by atoms with van der Waals surface area (Å²) in [4.78, 5) is 27.5. The molecule has 2 heterocycles. The summed E-state index contributed by atoms with van der Waals surface area (Å²) in [6.07, 6.45) is 3.07. The maximum atomic E-state index is 13.1. The van der Waals surface area contributed by atoms with Gasteiger partial charge in [-0.1, -0.05) is 24.3 Å². The lowest BCUT2D eigenvalue weighted by atomic mass is 9.96. The van der Waals surface area contributed by atoms with E-state index < -0.39 is 6.17 Å². The number of aryl methyl sites for hydroxylation is 1. The lowest BCUT2D eigenvalue weighted by Crippen LogP contribution is -2.46. The van der Waals surface area contributed by atoms with E-state index >= 15 is 0 Å². The topological polar surface area (TPSA) is 82.0 Å². The van der Waals surface area contributed by atoms with Gasteiger partial charge in [-0.3, -0.25) is 9.59 Å². The van der Waals surface area contributed by atoms with Crippen molar-refractivity contribution < 1.29 is 9.59 Å². The Morgan fingerprint density at radius 1 is 1.07 bits per heavy atom. The fourth-order valence-corrected chi connectivity index (χ4v) is 5.41. The van der Waals surface area contributed by atoms with Crippen LogP contribution in [0.2, 0.25) is 0 Å². The summed E-state index contributed by atoms with van der Waals surface area (Å²) in [6.45, 7) is 0. The first kappa shape index (κ1) is 19.4. The number of carbonyl (C=O) groups excluding carboxylic acids is 2. The molecule has 5 nitrogen and oxygen atoms in total. The SMILES string of the molecule is N#Cc1c(N[C@@H](NC(=O)c2ccccc2)C(=O)c2cccs2)sc2c1CCCC2. The molecule has 1 aromatic carbocycles. The summed E-state index contributed by atoms with van der Waals surface area (Å²) >= 11 is 2.85. The van der Waals surface area contributed by atoms with Gasteiger partial charge in [-0.25, -0.2) is 0 Å². The number of hydrogen-bond acceptors (Lipinski definition) is 6. The monoisotopic (exact) mass is 421 g/mol. The third kappa shape index (κ3) is 4.09. The molecule has 0 saturated carbocycles. The number of amides is 1. The molecule has 0 radical (unpaired) electrons. The second kappa shape index (κ2) is 8.60. The maximum Gasteiger partial charge on any atom is 0.253 e. The predicted molar refractivity (Wildman–Crippen MR) is 116 cm³/mol. The third-order valence-electron chi connectivity index (χ3n) is 4.90. The molecule has 146 valence electrons. The Bertz CT molecular complexity index is 1070. The van der Waals surface area contributed by atoms with E-state index in [1.54, 1.807) is 36.4 Å². The number of nitrogens with zero attached hydrogens (tertiary/aromatic N) is 1. The standard InChI is InChI=1S/C22H19N3O2S2/c23-13-16-15-9-4-5-10-17(15)29-22(16)25-20(19(26)18-11-6-12-28-18)24-21(27)14-7-2-1-3-8-14/h1-3,6-8,11-12,20,25H,4-5,9-10H2,(H,24,27)/t20-/m1/s1. The van der Waals surface area contributed by atoms with Gasteiger partial charge in [0.2, 0.25) is 5.78 Å². The number of benzene rings is 1. The summed E-state index contributed by atoms with van der Waals surface area (Å²) in [7, 11) is 0. The molecule has 4 rings (SSSR count). The fourth-order valence-electron chi connectivity index (χ4n) is 3.45. The minimum atomic E-state index is -0.950. The molecule has 3 aromatic rings. The smallest absolute Gasteiger partial charge is 0.253 e. The minimum absolute atomic E-state index is 0.223. The highest BCUT2D eigenvalue weighted by molar-refractivity contribution is 7.16. The second-order valence-corrected chi connectivity index (χ2v) is 8.84. The highest BCUT2D eigenvalue weighted by Crippen LogP contribution is 2.38. The highest BCUT2D eigenvalue weighted by atomic mass is 32.1. The number of rotatable bonds is 6. The molecule has 1 aliphatic carbocycles. The number of nitrogens with one attached hydrogen (secondary N) is 2. The molecule has 0 spiro atoms. The van der Waals surface area contributed by atoms with Crippen LogP contribution in [-0.4, -0.2) is 17.9 Å². The van der Waals surface area contributed by atoms with E-state index in [-0.39, 0.29) is 11.7 Å². The molecule has 1 atom stereocenters. The minimum Gasteiger partial charge on any atom is -0.349 e. The zero-order valence-electron chi connectivity index (χ0n) is 15.6. The number of Topliss-reactive ketones (excluding diaryl/α,β-unsaturated/α-hetero) is 1. The molecule has 7 heteroatoms. The van der Waals surface area contributed by atoms with Crippen LogP contribution in [-0.2, 0) is 12.8 Å². The van der Waals surface area contributed by atoms with Crippen LogP contribution >= 0.6 is 22.7 Å². The fraction of sp³-hybridized carbons (Fsp3) is 0.227. The van der Waals surface area contributed by atoms with Gasteiger partial charge in [-0.2, -0.15) is 5.26 Å². The van der Waals surface area contributed by atoms with Crippen LogP contribution in [0, 0.1) is 11.3 Å². The van der Waals surface area contributed by atoms with Gasteiger partial charge in [0.05, 0.1) is 10.4 Å². The first-order valence-electron chi connectivity index (χ1n) is 9.42. The summed E-state index contributed by atoms with van der Waals surface area (Å²) in [5.74, 6) is -0.563. The van der Waals surface area contributed by atoms with Gasteiger partial charge >= 0.3 is 0 Å². The number of fused-ring (bicyclic) bond motifs is 1. The zero-order chi connectivity index (χ0) is 20.2. The van der Waals surface area contributed by atoms with Gasteiger partial charge in [0.15, 0.2) is 6.17 Å². The molecule has 29 heavy (non-hydrogen) atoms. The van der Waals surface area contributed by atoms with E-state index in [1.807, 2.05) is 11.4 Å². The molecular weight excluding hydrogens is 402 g/mol. The van der Waals surface area contributed by atoms with Crippen LogP contribution < -0.4 is 10.6 Å². The van der Waals surface area contributed by atoms with Gasteiger partial charge in [-0.15, -0.1) is 22.7 Å². The van der Waals surface area contributed by atoms with Crippen molar-refractivity contribution in [3.8, 4) is 6.07 Å². The molecule has 0 fully saturated rings. The van der Waals surface area contributed by atoms with E-state index in [1.165, 1.54) is 27.6 Å². The summed E-state index contributed by atoms with van der Waals surface area (Å²) in [6, 6.07) is 14.6. The number of nitriles is 1. The molecule has 0 unspecified atom stereocenters. The Morgan fingerprint density at radius 3 is 2.59 bits per heavy atom. The van der Waals surface area contributed by atoms with E-state index in [0.717, 1.165) is 31.2 Å². The van der Waals surface area contributed by atoms with Crippen molar-refractivity contribution >= 4 is 39.4 Å².